The molecule has 1 amide bonds. The molecule has 98 valence electrons. The van der Waals surface area contributed by atoms with Crippen molar-refractivity contribution in [3.63, 3.8) is 0 Å². The Balaban J connectivity index is 2.69. The summed E-state index contributed by atoms with van der Waals surface area (Å²) in [6, 6.07) is 0.539. The van der Waals surface area contributed by atoms with Crippen LogP contribution in [-0.2, 0) is 0 Å². The SMILES string of the molecule is CC(C)N(C(=O)S[C@@]1(C)C=CCCC1)C(C)C. The maximum Gasteiger partial charge on any atom is 0.282 e. The van der Waals surface area contributed by atoms with E-state index in [4.69, 9.17) is 0 Å². The zero-order chi connectivity index (χ0) is 13.1. The van der Waals surface area contributed by atoms with Crippen molar-refractivity contribution in [1.29, 1.82) is 0 Å². The van der Waals surface area contributed by atoms with Gasteiger partial charge in [0.05, 0.1) is 0 Å². The number of thioether (sulfide) groups is 1. The maximum absolute atomic E-state index is 12.4. The van der Waals surface area contributed by atoms with E-state index < -0.39 is 0 Å². The van der Waals surface area contributed by atoms with E-state index in [1.807, 2.05) is 4.90 Å². The van der Waals surface area contributed by atoms with Crippen LogP contribution in [0.5, 0.6) is 0 Å². The quantitative estimate of drug-likeness (QED) is 0.694. The third-order valence-corrected chi connectivity index (χ3v) is 4.35. The highest BCUT2D eigenvalue weighted by Crippen LogP contribution is 2.37. The molecule has 17 heavy (non-hydrogen) atoms. The molecule has 0 aromatic rings. The molecule has 0 heterocycles. The molecule has 1 aliphatic rings. The van der Waals surface area contributed by atoms with Crippen LogP contribution in [0.3, 0.4) is 0 Å². The average molecular weight is 255 g/mol. The van der Waals surface area contributed by atoms with Gasteiger partial charge in [0.2, 0.25) is 0 Å². The fourth-order valence-corrected chi connectivity index (χ4v) is 3.68. The molecule has 1 aliphatic carbocycles. The summed E-state index contributed by atoms with van der Waals surface area (Å²) in [4.78, 5) is 14.3. The predicted octanol–water partition coefficient (Wildman–Crippen LogP) is 4.46. The second-order valence-electron chi connectivity index (χ2n) is 5.57. The topological polar surface area (TPSA) is 20.3 Å². The number of hydrogen-bond acceptors (Lipinski definition) is 2. The van der Waals surface area contributed by atoms with E-state index in [-0.39, 0.29) is 22.1 Å². The minimum atomic E-state index is -0.00262. The Morgan fingerprint density at radius 1 is 1.29 bits per heavy atom. The molecule has 0 spiro atoms. The van der Waals surface area contributed by atoms with E-state index in [0.717, 1.165) is 12.8 Å². The van der Waals surface area contributed by atoms with Crippen molar-refractivity contribution < 1.29 is 4.79 Å². The highest BCUT2D eigenvalue weighted by atomic mass is 32.2. The van der Waals surface area contributed by atoms with Gasteiger partial charge in [-0.25, -0.2) is 0 Å². The molecule has 3 heteroatoms. The molecule has 1 rings (SSSR count). The van der Waals surface area contributed by atoms with Gasteiger partial charge in [0.1, 0.15) is 0 Å². The summed E-state index contributed by atoms with van der Waals surface area (Å²) >= 11 is 1.49. The maximum atomic E-state index is 12.4. The van der Waals surface area contributed by atoms with Gasteiger partial charge in [-0.3, -0.25) is 4.79 Å². The van der Waals surface area contributed by atoms with Gasteiger partial charge in [-0.05, 0) is 53.9 Å². The molecule has 0 aliphatic heterocycles. The van der Waals surface area contributed by atoms with Crippen molar-refractivity contribution in [2.75, 3.05) is 0 Å². The summed E-state index contributed by atoms with van der Waals surface area (Å²) in [6.45, 7) is 10.5. The largest absolute Gasteiger partial charge is 0.329 e. The van der Waals surface area contributed by atoms with E-state index in [1.54, 1.807) is 0 Å². The lowest BCUT2D eigenvalue weighted by molar-refractivity contribution is 0.189. The van der Waals surface area contributed by atoms with Crippen molar-refractivity contribution in [2.45, 2.75) is 70.7 Å². The number of amides is 1. The molecule has 0 radical (unpaired) electrons. The standard InChI is InChI=1S/C14H25NOS/c1-11(2)15(12(3)4)13(16)17-14(5)9-7-6-8-10-14/h7,9,11-12H,6,8,10H2,1-5H3/t14-/m0/s1. The van der Waals surface area contributed by atoms with E-state index in [9.17, 15) is 4.79 Å². The molecule has 1 atom stereocenters. The molecule has 0 aromatic heterocycles. The van der Waals surface area contributed by atoms with Crippen LogP contribution in [-0.4, -0.2) is 27.0 Å². The van der Waals surface area contributed by atoms with Gasteiger partial charge in [-0.2, -0.15) is 0 Å². The molecule has 2 nitrogen and oxygen atoms in total. The Kier molecular flexibility index (Phi) is 5.11. The molecule has 0 aromatic carbocycles. The van der Waals surface area contributed by atoms with Crippen molar-refractivity contribution in [3.8, 4) is 0 Å². The fraction of sp³-hybridized carbons (Fsp3) is 0.786. The summed E-state index contributed by atoms with van der Waals surface area (Å²) < 4.78 is -0.00262. The van der Waals surface area contributed by atoms with Gasteiger partial charge in [0, 0.05) is 16.8 Å². The van der Waals surface area contributed by atoms with E-state index in [0.29, 0.717) is 0 Å². The molecule has 0 bridgehead atoms. The van der Waals surface area contributed by atoms with Crippen molar-refractivity contribution in [3.05, 3.63) is 12.2 Å². The Bertz CT molecular complexity index is 291. The van der Waals surface area contributed by atoms with Crippen LogP contribution >= 0.6 is 11.8 Å². The lowest BCUT2D eigenvalue weighted by Gasteiger charge is -2.34. The molecule has 0 N–H and O–H groups in total. The molecular formula is C14H25NOS. The van der Waals surface area contributed by atoms with Gasteiger partial charge in [0.15, 0.2) is 0 Å². The second kappa shape index (κ2) is 5.94. The van der Waals surface area contributed by atoms with Crippen LogP contribution in [0.2, 0.25) is 0 Å². The van der Waals surface area contributed by atoms with Gasteiger partial charge in [0.25, 0.3) is 5.24 Å². The predicted molar refractivity (Wildman–Crippen MR) is 76.5 cm³/mol. The van der Waals surface area contributed by atoms with Crippen LogP contribution in [0.1, 0.15) is 53.9 Å². The summed E-state index contributed by atoms with van der Waals surface area (Å²) in [7, 11) is 0. The lowest BCUT2D eigenvalue weighted by Crippen LogP contribution is -2.41. The van der Waals surface area contributed by atoms with Crippen LogP contribution in [0.25, 0.3) is 0 Å². The minimum Gasteiger partial charge on any atom is -0.329 e. The first-order valence-corrected chi connectivity index (χ1v) is 7.36. The Morgan fingerprint density at radius 2 is 1.88 bits per heavy atom. The zero-order valence-electron chi connectivity index (χ0n) is 11.7. The Labute approximate surface area is 110 Å². The Morgan fingerprint density at radius 3 is 2.29 bits per heavy atom. The third-order valence-electron chi connectivity index (χ3n) is 3.16. The van der Waals surface area contributed by atoms with Crippen LogP contribution in [0.15, 0.2) is 12.2 Å². The fourth-order valence-electron chi connectivity index (χ4n) is 2.34. The first kappa shape index (κ1) is 14.6. The third kappa shape index (κ3) is 4.06. The first-order chi connectivity index (χ1) is 7.86. The summed E-state index contributed by atoms with van der Waals surface area (Å²) in [5.74, 6) is 0. The number of rotatable bonds is 3. The molecule has 0 saturated heterocycles. The number of carbonyl (C=O) groups excluding carboxylic acids is 1. The minimum absolute atomic E-state index is 0.00262. The zero-order valence-corrected chi connectivity index (χ0v) is 12.5. The monoisotopic (exact) mass is 255 g/mol. The van der Waals surface area contributed by atoms with Crippen molar-refractivity contribution in [1.82, 2.24) is 4.90 Å². The normalized spacial score (nSPS) is 24.4. The van der Waals surface area contributed by atoms with Gasteiger partial charge < -0.3 is 4.90 Å². The van der Waals surface area contributed by atoms with Crippen LogP contribution in [0.4, 0.5) is 4.79 Å². The lowest BCUT2D eigenvalue weighted by atomic mass is 9.97. The summed E-state index contributed by atoms with van der Waals surface area (Å²) in [6.07, 6.45) is 7.86. The van der Waals surface area contributed by atoms with Gasteiger partial charge >= 0.3 is 0 Å². The van der Waals surface area contributed by atoms with Crippen LogP contribution < -0.4 is 0 Å². The number of nitrogens with zero attached hydrogens (tertiary/aromatic N) is 1. The highest BCUT2D eigenvalue weighted by Gasteiger charge is 2.31. The van der Waals surface area contributed by atoms with E-state index in [2.05, 4.69) is 46.8 Å². The van der Waals surface area contributed by atoms with E-state index in [1.165, 1.54) is 18.2 Å². The van der Waals surface area contributed by atoms with Crippen molar-refractivity contribution >= 4 is 17.0 Å². The van der Waals surface area contributed by atoms with E-state index >= 15 is 0 Å². The summed E-state index contributed by atoms with van der Waals surface area (Å²) in [5, 5.41) is 0.212. The number of allylic oxidation sites excluding steroid dienone is 1. The molecule has 0 saturated carbocycles. The number of carbonyl (C=O) groups is 1. The van der Waals surface area contributed by atoms with Crippen LogP contribution in [0, 0.1) is 0 Å². The summed E-state index contributed by atoms with van der Waals surface area (Å²) in [5.41, 5.74) is 0. The molecule has 0 fully saturated rings. The van der Waals surface area contributed by atoms with Gasteiger partial charge in [-0.1, -0.05) is 23.9 Å². The van der Waals surface area contributed by atoms with Crippen molar-refractivity contribution in [2.24, 2.45) is 0 Å². The smallest absolute Gasteiger partial charge is 0.282 e. The average Bonchev–Trinajstić information content (AvgIpc) is 2.15. The highest BCUT2D eigenvalue weighted by molar-refractivity contribution is 8.14. The van der Waals surface area contributed by atoms with Gasteiger partial charge in [-0.15, -0.1) is 0 Å². The molecular weight excluding hydrogens is 230 g/mol. The molecule has 0 unspecified atom stereocenters. The number of hydrogen-bond donors (Lipinski definition) is 0. The Hall–Kier alpha value is -0.440. The second-order valence-corrected chi connectivity index (χ2v) is 7.06. The first-order valence-electron chi connectivity index (χ1n) is 6.55.